The highest BCUT2D eigenvalue weighted by Crippen LogP contribution is 2.30. The molecule has 7 nitrogen and oxygen atoms in total. The second kappa shape index (κ2) is 10.1. The Labute approximate surface area is 198 Å². The lowest BCUT2D eigenvalue weighted by Gasteiger charge is -2.14. The number of carbonyl (C=O) groups is 1. The fraction of sp³-hybridized carbons (Fsp3) is 0.174. The summed E-state index contributed by atoms with van der Waals surface area (Å²) in [5.41, 5.74) is 1.15. The van der Waals surface area contributed by atoms with Crippen molar-refractivity contribution >= 4 is 35.0 Å². The SMILES string of the molecule is COc1cccc(-c2nnc(S[C@H](C)C(=O)Nc3ccc(F)cc3Cl)n2Cc2ccco2)c1. The van der Waals surface area contributed by atoms with Crippen molar-refractivity contribution < 1.29 is 18.3 Å². The van der Waals surface area contributed by atoms with Gasteiger partial charge in [0.25, 0.3) is 0 Å². The van der Waals surface area contributed by atoms with Crippen LogP contribution >= 0.6 is 23.4 Å². The van der Waals surface area contributed by atoms with Gasteiger partial charge in [-0.15, -0.1) is 10.2 Å². The third kappa shape index (κ3) is 5.37. The molecule has 1 atom stereocenters. The number of halogens is 2. The van der Waals surface area contributed by atoms with E-state index in [9.17, 15) is 9.18 Å². The van der Waals surface area contributed by atoms with Crippen LogP contribution in [0.15, 0.2) is 70.4 Å². The van der Waals surface area contributed by atoms with E-state index < -0.39 is 11.1 Å². The topological polar surface area (TPSA) is 82.2 Å². The number of furan rings is 1. The van der Waals surface area contributed by atoms with Crippen LogP contribution in [-0.2, 0) is 11.3 Å². The minimum atomic E-state index is -0.538. The summed E-state index contributed by atoms with van der Waals surface area (Å²) in [5.74, 6) is 1.25. The van der Waals surface area contributed by atoms with Gasteiger partial charge in [-0.05, 0) is 49.4 Å². The van der Waals surface area contributed by atoms with E-state index in [4.69, 9.17) is 20.8 Å². The third-order valence-electron chi connectivity index (χ3n) is 4.78. The van der Waals surface area contributed by atoms with E-state index in [1.54, 1.807) is 26.4 Å². The van der Waals surface area contributed by atoms with E-state index in [-0.39, 0.29) is 10.9 Å². The molecular formula is C23H20ClFN4O3S. The summed E-state index contributed by atoms with van der Waals surface area (Å²) < 4.78 is 26.0. The molecule has 1 N–H and O–H groups in total. The molecule has 10 heteroatoms. The lowest BCUT2D eigenvalue weighted by atomic mass is 10.2. The molecule has 0 saturated heterocycles. The van der Waals surface area contributed by atoms with Gasteiger partial charge >= 0.3 is 0 Å². The number of carbonyl (C=O) groups excluding carboxylic acids is 1. The van der Waals surface area contributed by atoms with E-state index in [0.29, 0.717) is 29.0 Å². The zero-order chi connectivity index (χ0) is 23.4. The number of methoxy groups -OCH3 is 1. The first-order valence-corrected chi connectivity index (χ1v) is 11.2. The van der Waals surface area contributed by atoms with E-state index in [1.807, 2.05) is 34.9 Å². The first-order valence-electron chi connectivity index (χ1n) is 9.97. The Balaban J connectivity index is 1.59. The molecule has 0 fully saturated rings. The van der Waals surface area contributed by atoms with E-state index in [2.05, 4.69) is 15.5 Å². The lowest BCUT2D eigenvalue weighted by Crippen LogP contribution is -2.23. The Kier molecular flexibility index (Phi) is 7.00. The van der Waals surface area contributed by atoms with Crippen LogP contribution in [0.2, 0.25) is 5.02 Å². The Hall–Kier alpha value is -3.30. The molecule has 170 valence electrons. The van der Waals surface area contributed by atoms with E-state index >= 15 is 0 Å². The monoisotopic (exact) mass is 486 g/mol. The normalized spacial score (nSPS) is 11.9. The Morgan fingerprint density at radius 2 is 2.09 bits per heavy atom. The minimum absolute atomic E-state index is 0.127. The number of nitrogens with one attached hydrogen (secondary N) is 1. The number of amides is 1. The van der Waals surface area contributed by atoms with Gasteiger partial charge in [0.2, 0.25) is 5.91 Å². The third-order valence-corrected chi connectivity index (χ3v) is 6.17. The smallest absolute Gasteiger partial charge is 0.237 e. The number of rotatable bonds is 8. The molecule has 2 aromatic carbocycles. The molecule has 0 bridgehead atoms. The Morgan fingerprint density at radius 1 is 1.24 bits per heavy atom. The zero-order valence-electron chi connectivity index (χ0n) is 17.8. The molecular weight excluding hydrogens is 467 g/mol. The number of nitrogens with zero attached hydrogens (tertiary/aromatic N) is 3. The van der Waals surface area contributed by atoms with Crippen LogP contribution < -0.4 is 10.1 Å². The van der Waals surface area contributed by atoms with Gasteiger partial charge in [-0.1, -0.05) is 35.5 Å². The van der Waals surface area contributed by atoms with Gasteiger partial charge in [-0.2, -0.15) is 0 Å². The van der Waals surface area contributed by atoms with Crippen LogP contribution in [0.4, 0.5) is 10.1 Å². The van der Waals surface area contributed by atoms with Crippen LogP contribution in [-0.4, -0.2) is 33.0 Å². The number of aromatic nitrogens is 3. The lowest BCUT2D eigenvalue weighted by molar-refractivity contribution is -0.115. The van der Waals surface area contributed by atoms with Gasteiger partial charge in [0.05, 0.1) is 35.9 Å². The van der Waals surface area contributed by atoms with Gasteiger partial charge in [-0.3, -0.25) is 9.36 Å². The maximum atomic E-state index is 13.3. The molecule has 0 aliphatic carbocycles. The van der Waals surface area contributed by atoms with Crippen LogP contribution in [0.1, 0.15) is 12.7 Å². The molecule has 1 amide bonds. The van der Waals surface area contributed by atoms with Crippen molar-refractivity contribution in [2.75, 3.05) is 12.4 Å². The summed E-state index contributed by atoms with van der Waals surface area (Å²) >= 11 is 7.27. The van der Waals surface area contributed by atoms with Crippen molar-refractivity contribution in [1.29, 1.82) is 0 Å². The fourth-order valence-corrected chi connectivity index (χ4v) is 4.15. The number of anilines is 1. The average molecular weight is 487 g/mol. The van der Waals surface area contributed by atoms with E-state index in [0.717, 1.165) is 17.4 Å². The first kappa shape index (κ1) is 22.9. The fourth-order valence-electron chi connectivity index (χ4n) is 3.09. The second-order valence-corrected chi connectivity index (χ2v) is 8.79. The molecule has 4 rings (SSSR count). The number of ether oxygens (including phenoxy) is 1. The molecule has 0 saturated carbocycles. The number of thioether (sulfide) groups is 1. The molecule has 0 aliphatic rings. The van der Waals surface area contributed by atoms with Crippen molar-refractivity contribution in [3.63, 3.8) is 0 Å². The minimum Gasteiger partial charge on any atom is -0.497 e. The van der Waals surface area contributed by atoms with Crippen LogP contribution in [0.25, 0.3) is 11.4 Å². The van der Waals surface area contributed by atoms with Crippen LogP contribution in [0.3, 0.4) is 0 Å². The summed E-state index contributed by atoms with van der Waals surface area (Å²) in [5, 5.41) is 11.5. The van der Waals surface area contributed by atoms with Crippen molar-refractivity contribution in [3.05, 3.63) is 77.5 Å². The van der Waals surface area contributed by atoms with Crippen molar-refractivity contribution in [2.24, 2.45) is 0 Å². The zero-order valence-corrected chi connectivity index (χ0v) is 19.4. The molecule has 0 spiro atoms. The molecule has 2 heterocycles. The van der Waals surface area contributed by atoms with Gasteiger partial charge in [0.1, 0.15) is 17.3 Å². The summed E-state index contributed by atoms with van der Waals surface area (Å²) in [4.78, 5) is 12.8. The summed E-state index contributed by atoms with van der Waals surface area (Å²) in [6.07, 6.45) is 1.60. The Morgan fingerprint density at radius 3 is 2.82 bits per heavy atom. The number of benzene rings is 2. The molecule has 0 aliphatic heterocycles. The van der Waals surface area contributed by atoms with Gasteiger partial charge in [0.15, 0.2) is 11.0 Å². The number of hydrogen-bond acceptors (Lipinski definition) is 6. The molecule has 0 unspecified atom stereocenters. The van der Waals surface area contributed by atoms with Crippen molar-refractivity contribution in [1.82, 2.24) is 14.8 Å². The predicted octanol–water partition coefficient (Wildman–Crippen LogP) is 5.51. The van der Waals surface area contributed by atoms with Crippen LogP contribution in [0, 0.1) is 5.82 Å². The molecule has 2 aromatic heterocycles. The highest BCUT2D eigenvalue weighted by Gasteiger charge is 2.22. The maximum Gasteiger partial charge on any atom is 0.237 e. The second-order valence-electron chi connectivity index (χ2n) is 7.08. The standard InChI is InChI=1S/C23H20ClFN4O3S/c1-14(22(30)26-20-9-8-16(25)12-19(20)24)33-23-28-27-21(15-5-3-6-17(11-15)31-2)29(23)13-18-7-4-10-32-18/h3-12,14H,13H2,1-2H3,(H,26,30)/t14-/m1/s1. The molecule has 0 radical (unpaired) electrons. The average Bonchev–Trinajstić information content (AvgIpc) is 3.46. The van der Waals surface area contributed by atoms with Gasteiger partial charge in [0, 0.05) is 5.56 Å². The van der Waals surface area contributed by atoms with Gasteiger partial charge in [-0.25, -0.2) is 4.39 Å². The highest BCUT2D eigenvalue weighted by atomic mass is 35.5. The van der Waals surface area contributed by atoms with Gasteiger partial charge < -0.3 is 14.5 Å². The van der Waals surface area contributed by atoms with Crippen molar-refractivity contribution in [2.45, 2.75) is 23.9 Å². The van der Waals surface area contributed by atoms with Crippen LogP contribution in [0.5, 0.6) is 5.75 Å². The van der Waals surface area contributed by atoms with E-state index in [1.165, 1.54) is 23.9 Å². The largest absolute Gasteiger partial charge is 0.497 e. The van der Waals surface area contributed by atoms with Crippen molar-refractivity contribution in [3.8, 4) is 17.1 Å². The quantitative estimate of drug-likeness (QED) is 0.331. The Bertz CT molecular complexity index is 1260. The molecule has 4 aromatic rings. The highest BCUT2D eigenvalue weighted by molar-refractivity contribution is 8.00. The first-order chi connectivity index (χ1) is 15.9. The molecule has 33 heavy (non-hydrogen) atoms. The number of hydrogen-bond donors (Lipinski definition) is 1. The summed E-state index contributed by atoms with van der Waals surface area (Å²) in [6, 6.07) is 15.0. The maximum absolute atomic E-state index is 13.3. The predicted molar refractivity (Wildman–Crippen MR) is 125 cm³/mol. The summed E-state index contributed by atoms with van der Waals surface area (Å²) in [7, 11) is 1.60. The summed E-state index contributed by atoms with van der Waals surface area (Å²) in [6.45, 7) is 2.13.